The minimum atomic E-state index is -0.959. The number of halogens is 1. The van der Waals surface area contributed by atoms with Crippen LogP contribution in [0.5, 0.6) is 0 Å². The van der Waals surface area contributed by atoms with Gasteiger partial charge in [-0.1, -0.05) is 6.58 Å². The molecule has 0 aromatic heterocycles. The molecule has 1 aliphatic rings. The molecule has 1 rings (SSSR count). The van der Waals surface area contributed by atoms with Crippen molar-refractivity contribution in [1.29, 1.82) is 5.26 Å². The van der Waals surface area contributed by atoms with Crippen LogP contribution in [0.2, 0.25) is 0 Å². The molecule has 1 amide bonds. The van der Waals surface area contributed by atoms with Gasteiger partial charge in [0.1, 0.15) is 0 Å². The van der Waals surface area contributed by atoms with E-state index in [1.165, 1.54) is 4.90 Å². The summed E-state index contributed by atoms with van der Waals surface area (Å²) in [5, 5.41) is 8.69. The number of hydrogen-bond donors (Lipinski definition) is 0. The summed E-state index contributed by atoms with van der Waals surface area (Å²) < 4.78 is 12.8. The molecule has 4 nitrogen and oxygen atoms in total. The molecule has 0 saturated carbocycles. The van der Waals surface area contributed by atoms with Crippen LogP contribution in [0.25, 0.3) is 0 Å². The van der Waals surface area contributed by atoms with E-state index < -0.39 is 11.7 Å². The van der Waals surface area contributed by atoms with Crippen molar-refractivity contribution in [2.75, 3.05) is 20.1 Å². The molecule has 0 aromatic carbocycles. The third kappa shape index (κ3) is 2.58. The average molecular weight is 225 g/mol. The Balaban J connectivity index is 2.82. The Hall–Kier alpha value is -1.41. The van der Waals surface area contributed by atoms with Gasteiger partial charge in [0.05, 0.1) is 18.5 Å². The van der Waals surface area contributed by atoms with E-state index in [2.05, 4.69) is 11.5 Å². The monoisotopic (exact) mass is 225 g/mol. The quantitative estimate of drug-likeness (QED) is 0.656. The lowest BCUT2D eigenvalue weighted by Gasteiger charge is -2.42. The first kappa shape index (κ1) is 12.7. The molecular weight excluding hydrogens is 209 g/mol. The average Bonchev–Trinajstić information content (AvgIpc) is 2.22. The zero-order chi connectivity index (χ0) is 12.3. The van der Waals surface area contributed by atoms with Crippen LogP contribution in [-0.2, 0) is 4.79 Å². The van der Waals surface area contributed by atoms with E-state index in [1.807, 2.05) is 20.0 Å². The van der Waals surface area contributed by atoms with Gasteiger partial charge in [0, 0.05) is 19.1 Å². The van der Waals surface area contributed by atoms with Crippen LogP contribution >= 0.6 is 0 Å². The molecule has 1 fully saturated rings. The summed E-state index contributed by atoms with van der Waals surface area (Å²) in [5.74, 6) is -1.65. The normalized spacial score (nSPS) is 26.2. The summed E-state index contributed by atoms with van der Waals surface area (Å²) in [5.41, 5.74) is 0. The number of nitrogens with zero attached hydrogens (tertiary/aromatic N) is 3. The fourth-order valence-electron chi connectivity index (χ4n) is 1.87. The second kappa shape index (κ2) is 5.08. The Morgan fingerprint density at radius 3 is 2.75 bits per heavy atom. The molecule has 88 valence electrons. The molecule has 1 heterocycles. The van der Waals surface area contributed by atoms with E-state index >= 15 is 0 Å². The molecular formula is C11H16FN3O. The van der Waals surface area contributed by atoms with Crippen molar-refractivity contribution in [3.63, 3.8) is 0 Å². The topological polar surface area (TPSA) is 47.3 Å². The number of carbonyl (C=O) groups is 1. The molecule has 0 aliphatic carbocycles. The SMILES string of the molecule is C=C(F)C(=O)N1C[C@@H](C)N(C)C[C@@H]1CC#N. The Morgan fingerprint density at radius 2 is 2.25 bits per heavy atom. The van der Waals surface area contributed by atoms with Gasteiger partial charge < -0.3 is 4.90 Å². The van der Waals surface area contributed by atoms with Gasteiger partial charge in [0.25, 0.3) is 5.91 Å². The fourth-order valence-corrected chi connectivity index (χ4v) is 1.87. The highest BCUT2D eigenvalue weighted by Gasteiger charge is 2.33. The first-order chi connectivity index (χ1) is 7.47. The summed E-state index contributed by atoms with van der Waals surface area (Å²) in [7, 11) is 1.93. The molecule has 1 saturated heterocycles. The van der Waals surface area contributed by atoms with Crippen molar-refractivity contribution >= 4 is 5.91 Å². The van der Waals surface area contributed by atoms with Crippen LogP contribution in [0.4, 0.5) is 4.39 Å². The molecule has 0 aromatic rings. The molecule has 2 atom stereocenters. The van der Waals surface area contributed by atoms with Crippen LogP contribution < -0.4 is 0 Å². The molecule has 5 heteroatoms. The second-order valence-electron chi connectivity index (χ2n) is 4.17. The van der Waals surface area contributed by atoms with E-state index in [4.69, 9.17) is 5.26 Å². The minimum absolute atomic E-state index is 0.165. The number of rotatable bonds is 2. The summed E-state index contributed by atoms with van der Waals surface area (Å²) in [6.45, 7) is 6.00. The molecule has 0 N–H and O–H groups in total. The number of nitriles is 1. The Labute approximate surface area is 94.9 Å². The maximum absolute atomic E-state index is 12.8. The van der Waals surface area contributed by atoms with Crippen LogP contribution in [0.3, 0.4) is 0 Å². The summed E-state index contributed by atoms with van der Waals surface area (Å²) >= 11 is 0. The van der Waals surface area contributed by atoms with E-state index in [0.29, 0.717) is 13.1 Å². The van der Waals surface area contributed by atoms with E-state index in [1.54, 1.807) is 0 Å². The van der Waals surface area contributed by atoms with Crippen molar-refractivity contribution in [3.8, 4) is 6.07 Å². The maximum atomic E-state index is 12.8. The predicted octanol–water partition coefficient (Wildman–Crippen LogP) is 0.914. The number of carbonyl (C=O) groups excluding carboxylic acids is 1. The van der Waals surface area contributed by atoms with Gasteiger partial charge in [0.15, 0.2) is 5.83 Å². The van der Waals surface area contributed by atoms with Crippen molar-refractivity contribution in [2.45, 2.75) is 25.4 Å². The van der Waals surface area contributed by atoms with Gasteiger partial charge in [-0.3, -0.25) is 9.69 Å². The molecule has 16 heavy (non-hydrogen) atoms. The maximum Gasteiger partial charge on any atom is 0.282 e. The third-order valence-electron chi connectivity index (χ3n) is 2.97. The molecule has 0 unspecified atom stereocenters. The van der Waals surface area contributed by atoms with Gasteiger partial charge in [-0.2, -0.15) is 5.26 Å². The highest BCUT2D eigenvalue weighted by molar-refractivity contribution is 5.91. The number of amides is 1. The highest BCUT2D eigenvalue weighted by Crippen LogP contribution is 2.18. The highest BCUT2D eigenvalue weighted by atomic mass is 19.1. The van der Waals surface area contributed by atoms with Crippen LogP contribution in [0.1, 0.15) is 13.3 Å². The summed E-state index contributed by atoms with van der Waals surface area (Å²) in [4.78, 5) is 15.0. The summed E-state index contributed by atoms with van der Waals surface area (Å²) in [6.07, 6.45) is 0.218. The zero-order valence-corrected chi connectivity index (χ0v) is 9.61. The van der Waals surface area contributed by atoms with Crippen molar-refractivity contribution in [1.82, 2.24) is 9.80 Å². The molecule has 0 radical (unpaired) electrons. The van der Waals surface area contributed by atoms with Gasteiger partial charge in [-0.25, -0.2) is 4.39 Å². The fraction of sp³-hybridized carbons (Fsp3) is 0.636. The molecule has 0 spiro atoms. The Kier molecular flexibility index (Phi) is 4.02. The van der Waals surface area contributed by atoms with Crippen LogP contribution in [0, 0.1) is 11.3 Å². The zero-order valence-electron chi connectivity index (χ0n) is 9.61. The second-order valence-corrected chi connectivity index (χ2v) is 4.17. The third-order valence-corrected chi connectivity index (χ3v) is 2.97. The van der Waals surface area contributed by atoms with Gasteiger partial charge in [0.2, 0.25) is 0 Å². The van der Waals surface area contributed by atoms with Crippen molar-refractivity contribution in [3.05, 3.63) is 12.4 Å². The van der Waals surface area contributed by atoms with Crippen LogP contribution in [0.15, 0.2) is 12.4 Å². The standard InChI is InChI=1S/C11H16FN3O/c1-8-6-15(11(16)9(2)12)10(4-5-13)7-14(8)3/h8,10H,2,4,6-7H2,1,3H3/t8-,10+/m1/s1. The van der Waals surface area contributed by atoms with E-state index in [0.717, 1.165) is 0 Å². The Bertz CT molecular complexity index is 337. The van der Waals surface area contributed by atoms with E-state index in [9.17, 15) is 9.18 Å². The smallest absolute Gasteiger partial charge is 0.282 e. The van der Waals surface area contributed by atoms with E-state index in [-0.39, 0.29) is 18.5 Å². The molecule has 1 aliphatic heterocycles. The van der Waals surface area contributed by atoms with Gasteiger partial charge >= 0.3 is 0 Å². The largest absolute Gasteiger partial charge is 0.330 e. The van der Waals surface area contributed by atoms with Gasteiger partial charge in [-0.15, -0.1) is 0 Å². The first-order valence-corrected chi connectivity index (χ1v) is 5.20. The van der Waals surface area contributed by atoms with Crippen LogP contribution in [-0.4, -0.2) is 47.9 Å². The van der Waals surface area contributed by atoms with Crippen molar-refractivity contribution in [2.24, 2.45) is 0 Å². The number of hydrogen-bond acceptors (Lipinski definition) is 3. The lowest BCUT2D eigenvalue weighted by atomic mass is 10.1. The van der Waals surface area contributed by atoms with Crippen molar-refractivity contribution < 1.29 is 9.18 Å². The lowest BCUT2D eigenvalue weighted by molar-refractivity contribution is -0.134. The predicted molar refractivity (Wildman–Crippen MR) is 58.1 cm³/mol. The Morgan fingerprint density at radius 1 is 1.62 bits per heavy atom. The van der Waals surface area contributed by atoms with Gasteiger partial charge in [-0.05, 0) is 14.0 Å². The lowest BCUT2D eigenvalue weighted by Crippen LogP contribution is -2.57. The minimum Gasteiger partial charge on any atom is -0.330 e. The number of likely N-dealkylation sites (N-methyl/N-ethyl adjacent to an activating group) is 1. The number of piperazine rings is 1. The first-order valence-electron chi connectivity index (χ1n) is 5.20. The molecule has 0 bridgehead atoms. The summed E-state index contributed by atoms with van der Waals surface area (Å²) in [6, 6.07) is 1.94.